The van der Waals surface area contributed by atoms with E-state index in [1.54, 1.807) is 23.3 Å². The van der Waals surface area contributed by atoms with Gasteiger partial charge < -0.3 is 73.7 Å². The van der Waals surface area contributed by atoms with Crippen molar-refractivity contribution in [3.8, 4) is 11.5 Å². The Hall–Kier alpha value is -5.58. The van der Waals surface area contributed by atoms with Crippen LogP contribution in [-0.2, 0) is 73.5 Å². The van der Waals surface area contributed by atoms with Crippen LogP contribution in [0.3, 0.4) is 0 Å². The first kappa shape index (κ1) is 70.2. The number of nitrogens with one attached hydrogen (secondary N) is 2. The predicted octanol–water partition coefficient (Wildman–Crippen LogP) is 6.37. The third kappa shape index (κ3) is 23.1. The molecule has 23 heteroatoms. The molecule has 6 saturated heterocycles. The average Bonchev–Trinajstić information content (AvgIpc) is 1.99. The number of rotatable bonds is 28. The SMILES string of the molecule is O=C(NC(Cc1ccccc1)C(O)CN(Cc1cccc(O)c1)OC1CCCC1)OC1COC2OCCC12.O=C(NC(Cc1ccccc1)C(O)CN(Cc1cccc(OCCN2CCOCC2)c1)OC1CCCC1)OC1COC2OCCC12.OCCN1CCOCC1. The summed E-state index contributed by atoms with van der Waals surface area (Å²) in [4.78, 5) is 43.5. The van der Waals surface area contributed by atoms with Crippen LogP contribution in [0.2, 0.25) is 0 Å². The molecule has 6 N–H and O–H groups in total. The minimum atomic E-state index is -0.941. The van der Waals surface area contributed by atoms with Crippen molar-refractivity contribution in [2.75, 3.05) is 118 Å². The van der Waals surface area contributed by atoms with E-state index in [1.807, 2.05) is 96.1 Å². The Balaban J connectivity index is 0.000000181. The molecule has 2 aliphatic carbocycles. The molecule has 6 aliphatic heterocycles. The highest BCUT2D eigenvalue weighted by molar-refractivity contribution is 5.68. The zero-order valence-electron chi connectivity index (χ0n) is 53.8. The Labute approximate surface area is 547 Å². The van der Waals surface area contributed by atoms with Crippen LogP contribution >= 0.6 is 0 Å². The molecule has 12 rings (SSSR count). The van der Waals surface area contributed by atoms with E-state index in [0.29, 0.717) is 59.0 Å². The third-order valence-corrected chi connectivity index (χ3v) is 18.4. The first-order valence-electron chi connectivity index (χ1n) is 33.9. The number of morpholine rings is 2. The van der Waals surface area contributed by atoms with E-state index < -0.39 is 36.5 Å². The number of hydrogen-bond acceptors (Lipinski definition) is 21. The largest absolute Gasteiger partial charge is 0.508 e. The summed E-state index contributed by atoms with van der Waals surface area (Å²) in [6.45, 7) is 12.6. The summed E-state index contributed by atoms with van der Waals surface area (Å²) in [6.07, 6.45) is 6.73. The van der Waals surface area contributed by atoms with Gasteiger partial charge in [0.25, 0.3) is 0 Å². The van der Waals surface area contributed by atoms with Crippen LogP contribution in [0, 0.1) is 11.8 Å². The number of nitrogens with zero attached hydrogens (tertiary/aromatic N) is 4. The van der Waals surface area contributed by atoms with Crippen LogP contribution < -0.4 is 15.4 Å². The second kappa shape index (κ2) is 37.6. The monoisotopic (exact) mass is 1300 g/mol. The quantitative estimate of drug-likeness (QED) is 0.0338. The number of carbonyl (C=O) groups excluding carboxylic acids is 2. The van der Waals surface area contributed by atoms with Gasteiger partial charge in [0.15, 0.2) is 12.6 Å². The molecule has 0 aromatic heterocycles. The van der Waals surface area contributed by atoms with E-state index in [1.165, 1.54) is 0 Å². The molecule has 2 amide bonds. The molecule has 8 fully saturated rings. The number of ether oxygens (including phenoxy) is 9. The van der Waals surface area contributed by atoms with E-state index in [-0.39, 0.29) is 74.3 Å². The molecule has 0 radical (unpaired) electrons. The Morgan fingerprint density at radius 3 is 1.46 bits per heavy atom. The summed E-state index contributed by atoms with van der Waals surface area (Å²) in [5.74, 6) is 1.07. The summed E-state index contributed by atoms with van der Waals surface area (Å²) in [6, 6.07) is 33.5. The molecule has 93 heavy (non-hydrogen) atoms. The number of phenolic OH excluding ortho intramolecular Hbond substituents is 1. The molecule has 6 heterocycles. The van der Waals surface area contributed by atoms with Crippen molar-refractivity contribution in [3.05, 3.63) is 131 Å². The number of hydrogen-bond donors (Lipinski definition) is 6. The van der Waals surface area contributed by atoms with Crippen molar-refractivity contribution < 1.29 is 82.3 Å². The molecule has 2 saturated carbocycles. The van der Waals surface area contributed by atoms with Crippen molar-refractivity contribution in [2.45, 2.75) is 151 Å². The molecule has 10 atom stereocenters. The van der Waals surface area contributed by atoms with Crippen LogP contribution in [0.1, 0.15) is 86.5 Å². The van der Waals surface area contributed by atoms with Crippen LogP contribution in [0.5, 0.6) is 11.5 Å². The number of aliphatic hydroxyl groups is 3. The van der Waals surface area contributed by atoms with Crippen molar-refractivity contribution in [3.63, 3.8) is 0 Å². The number of fused-ring (bicyclic) bond motifs is 2. The third-order valence-electron chi connectivity index (χ3n) is 18.4. The fraction of sp³-hybridized carbons (Fsp3) is 0.629. The van der Waals surface area contributed by atoms with Gasteiger partial charge in [-0.2, -0.15) is 10.1 Å². The number of aliphatic hydroxyl groups excluding tert-OH is 3. The van der Waals surface area contributed by atoms with Gasteiger partial charge in [-0.1, -0.05) is 111 Å². The van der Waals surface area contributed by atoms with E-state index in [9.17, 15) is 24.9 Å². The first-order valence-corrected chi connectivity index (χ1v) is 33.9. The van der Waals surface area contributed by atoms with E-state index in [2.05, 4.69) is 20.4 Å². The fourth-order valence-corrected chi connectivity index (χ4v) is 13.3. The lowest BCUT2D eigenvalue weighted by molar-refractivity contribution is -0.215. The molecule has 0 bridgehead atoms. The lowest BCUT2D eigenvalue weighted by atomic mass is 10.0. The number of hydroxylamine groups is 4. The minimum Gasteiger partial charge on any atom is -0.508 e. The summed E-state index contributed by atoms with van der Waals surface area (Å²) >= 11 is 0. The zero-order valence-corrected chi connectivity index (χ0v) is 53.8. The van der Waals surface area contributed by atoms with Crippen LogP contribution in [0.15, 0.2) is 109 Å². The Bertz CT molecular complexity index is 2770. The van der Waals surface area contributed by atoms with Gasteiger partial charge >= 0.3 is 12.2 Å². The number of aromatic hydroxyl groups is 1. The fourth-order valence-electron chi connectivity index (χ4n) is 13.3. The lowest BCUT2D eigenvalue weighted by Gasteiger charge is -2.31. The molecule has 4 aromatic carbocycles. The van der Waals surface area contributed by atoms with Gasteiger partial charge in [-0.05, 0) is 97.9 Å². The van der Waals surface area contributed by atoms with Gasteiger partial charge in [-0.3, -0.25) is 19.5 Å². The van der Waals surface area contributed by atoms with Crippen molar-refractivity contribution in [2.24, 2.45) is 11.8 Å². The highest BCUT2D eigenvalue weighted by Gasteiger charge is 2.45. The maximum atomic E-state index is 13.2. The lowest BCUT2D eigenvalue weighted by Crippen LogP contribution is -2.50. The Morgan fingerprint density at radius 2 is 0.989 bits per heavy atom. The van der Waals surface area contributed by atoms with Gasteiger partial charge in [-0.25, -0.2) is 9.59 Å². The minimum absolute atomic E-state index is 0.0378. The summed E-state index contributed by atoms with van der Waals surface area (Å²) in [5, 5.41) is 51.1. The van der Waals surface area contributed by atoms with Gasteiger partial charge in [0.05, 0.1) is 121 Å². The Morgan fingerprint density at radius 1 is 0.538 bits per heavy atom. The van der Waals surface area contributed by atoms with Crippen molar-refractivity contribution in [1.29, 1.82) is 0 Å². The smallest absolute Gasteiger partial charge is 0.407 e. The van der Waals surface area contributed by atoms with E-state index in [0.717, 1.165) is 158 Å². The molecular formula is C70H100N6O17. The second-order valence-electron chi connectivity index (χ2n) is 25.4. The summed E-state index contributed by atoms with van der Waals surface area (Å²) in [7, 11) is 0. The molecular weight excluding hydrogens is 1200 g/mol. The normalized spacial score (nSPS) is 24.7. The number of carbonyl (C=O) groups is 2. The zero-order chi connectivity index (χ0) is 64.4. The number of alkyl carbamates (subject to hydrolysis) is 2. The highest BCUT2D eigenvalue weighted by Crippen LogP contribution is 2.35. The van der Waals surface area contributed by atoms with Crippen molar-refractivity contribution >= 4 is 12.2 Å². The average molecular weight is 1300 g/mol. The molecule has 8 aliphatic rings. The molecule has 512 valence electrons. The van der Waals surface area contributed by atoms with Crippen LogP contribution in [0.25, 0.3) is 0 Å². The number of benzene rings is 4. The summed E-state index contributed by atoms with van der Waals surface area (Å²) in [5.41, 5.74) is 3.89. The number of amides is 2. The molecule has 0 spiro atoms. The molecule has 4 aromatic rings. The first-order chi connectivity index (χ1) is 45.5. The highest BCUT2D eigenvalue weighted by atomic mass is 16.7. The Kier molecular flexibility index (Phi) is 28.4. The van der Waals surface area contributed by atoms with E-state index in [4.69, 9.17) is 57.4 Å². The van der Waals surface area contributed by atoms with Gasteiger partial charge in [0.2, 0.25) is 0 Å². The maximum absolute atomic E-state index is 13.2. The maximum Gasteiger partial charge on any atom is 0.407 e. The molecule has 23 nitrogen and oxygen atoms in total. The predicted molar refractivity (Wildman–Crippen MR) is 343 cm³/mol. The van der Waals surface area contributed by atoms with Gasteiger partial charge in [0, 0.05) is 52.4 Å². The number of β-amino-alcohol motifs (C(OH)–C–C–N with tert-alkyl or cyclic N) is 1. The topological polar surface area (TPSA) is 254 Å². The van der Waals surface area contributed by atoms with Gasteiger partial charge in [0.1, 0.15) is 30.3 Å². The van der Waals surface area contributed by atoms with Gasteiger partial charge in [-0.15, -0.1) is 0 Å². The standard InChI is InChI=1S/C35H49N3O8.C29H38N2O7.C6H13NO2/c39-32(31(22-26-7-2-1-3-8-26)36-35(40)45-33-25-44-34-30(33)13-17-43-34)24-38(46-28-10-4-5-11-28)23-27-9-6-12-29(21-27)42-20-16-37-14-18-41-19-15-37;32-22-10-6-9-21(15-22)17-31(38-23-11-4-5-12-23)18-26(33)25(16-20-7-2-1-3-8-20)30-29(34)37-27-19-36-28-24(27)13-14-35-28;8-4-1-7-2-5-9-6-3-7/h1-3,6-9,12,21,28,30-34,39H,4-5,10-11,13-20,22-25H2,(H,36,40);1-3,6-10,15,23-28,32-33H,4-5,11-14,16-19H2,(H,30,34);8H,1-6H2. The second-order valence-corrected chi connectivity index (χ2v) is 25.4. The summed E-state index contributed by atoms with van der Waals surface area (Å²) < 4.78 is 50.6. The number of phenols is 1. The van der Waals surface area contributed by atoms with Crippen molar-refractivity contribution in [1.82, 2.24) is 30.6 Å². The molecule has 10 unspecified atom stereocenters. The van der Waals surface area contributed by atoms with Crippen LogP contribution in [0.4, 0.5) is 9.59 Å². The van der Waals surface area contributed by atoms with Crippen LogP contribution in [-0.4, -0.2) is 232 Å². The van der Waals surface area contributed by atoms with E-state index >= 15 is 0 Å².